The number of piperazine rings is 1. The molecule has 2 rings (SSSR count). The van der Waals surface area contributed by atoms with Gasteiger partial charge in [-0.05, 0) is 12.1 Å². The summed E-state index contributed by atoms with van der Waals surface area (Å²) in [4.78, 5) is 2.38. The molecule has 1 saturated heterocycles. The maximum atomic E-state index is 13.2. The van der Waals surface area contributed by atoms with Gasteiger partial charge in [-0.15, -0.1) is 0 Å². The van der Waals surface area contributed by atoms with Gasteiger partial charge in [0.25, 0.3) is 0 Å². The molecule has 0 aliphatic carbocycles. The highest BCUT2D eigenvalue weighted by Crippen LogP contribution is 2.24. The van der Waals surface area contributed by atoms with Crippen LogP contribution in [0.5, 0.6) is 5.75 Å². The molecule has 1 aromatic carbocycles. The van der Waals surface area contributed by atoms with E-state index in [2.05, 4.69) is 15.5 Å². The van der Waals surface area contributed by atoms with Gasteiger partial charge in [0.05, 0.1) is 12.8 Å². The Kier molecular flexibility index (Phi) is 4.78. The van der Waals surface area contributed by atoms with Gasteiger partial charge in [-0.3, -0.25) is 4.90 Å². The van der Waals surface area contributed by atoms with E-state index in [1.807, 2.05) is 0 Å². The number of ether oxygens (including phenoxy) is 1. The lowest BCUT2D eigenvalue weighted by Gasteiger charge is -2.27. The van der Waals surface area contributed by atoms with E-state index < -0.39 is 0 Å². The van der Waals surface area contributed by atoms with Gasteiger partial charge >= 0.3 is 0 Å². The SMILES string of the molecule is COc1ccc(F)cc1NCCN1CCNCC1. The Morgan fingerprint density at radius 3 is 2.89 bits per heavy atom. The van der Waals surface area contributed by atoms with Crippen molar-refractivity contribution < 1.29 is 9.13 Å². The Labute approximate surface area is 107 Å². The van der Waals surface area contributed by atoms with Crippen LogP contribution in [0.4, 0.5) is 10.1 Å². The van der Waals surface area contributed by atoms with E-state index in [1.165, 1.54) is 12.1 Å². The van der Waals surface area contributed by atoms with Gasteiger partial charge in [-0.25, -0.2) is 4.39 Å². The summed E-state index contributed by atoms with van der Waals surface area (Å²) in [5.74, 6) is 0.428. The maximum absolute atomic E-state index is 13.2. The summed E-state index contributed by atoms with van der Waals surface area (Å²) < 4.78 is 18.3. The molecule has 1 fully saturated rings. The van der Waals surface area contributed by atoms with Crippen LogP contribution in [0, 0.1) is 5.82 Å². The molecule has 0 aromatic heterocycles. The monoisotopic (exact) mass is 253 g/mol. The largest absolute Gasteiger partial charge is 0.495 e. The number of hydrogen-bond acceptors (Lipinski definition) is 4. The fourth-order valence-corrected chi connectivity index (χ4v) is 2.10. The van der Waals surface area contributed by atoms with Crippen LogP contribution in [-0.4, -0.2) is 51.3 Å². The summed E-state index contributed by atoms with van der Waals surface area (Å²) in [6, 6.07) is 4.51. The molecule has 1 aliphatic rings. The average Bonchev–Trinajstić information content (AvgIpc) is 2.40. The van der Waals surface area contributed by atoms with E-state index in [0.717, 1.165) is 39.3 Å². The Balaban J connectivity index is 1.83. The molecule has 0 bridgehead atoms. The van der Waals surface area contributed by atoms with Gasteiger partial charge in [0.1, 0.15) is 11.6 Å². The van der Waals surface area contributed by atoms with Crippen LogP contribution in [0.3, 0.4) is 0 Å². The second-order valence-electron chi connectivity index (χ2n) is 4.36. The minimum atomic E-state index is -0.250. The van der Waals surface area contributed by atoms with E-state index in [1.54, 1.807) is 13.2 Å². The summed E-state index contributed by atoms with van der Waals surface area (Å²) >= 11 is 0. The number of nitrogens with one attached hydrogen (secondary N) is 2. The molecule has 0 radical (unpaired) electrons. The second-order valence-corrected chi connectivity index (χ2v) is 4.36. The third kappa shape index (κ3) is 3.58. The molecule has 1 heterocycles. The van der Waals surface area contributed by atoms with Crippen LogP contribution >= 0.6 is 0 Å². The number of methoxy groups -OCH3 is 1. The van der Waals surface area contributed by atoms with E-state index in [-0.39, 0.29) is 5.82 Å². The first kappa shape index (κ1) is 13.1. The van der Waals surface area contributed by atoms with Crippen molar-refractivity contribution in [3.8, 4) is 5.75 Å². The summed E-state index contributed by atoms with van der Waals surface area (Å²) in [6.45, 7) is 5.98. The minimum Gasteiger partial charge on any atom is -0.495 e. The molecule has 18 heavy (non-hydrogen) atoms. The van der Waals surface area contributed by atoms with Crippen LogP contribution in [0.2, 0.25) is 0 Å². The highest BCUT2D eigenvalue weighted by Gasteiger charge is 2.09. The average molecular weight is 253 g/mol. The molecule has 2 N–H and O–H groups in total. The Hall–Kier alpha value is -1.33. The van der Waals surface area contributed by atoms with Gasteiger partial charge in [-0.2, -0.15) is 0 Å². The number of hydrogen-bond donors (Lipinski definition) is 2. The number of nitrogens with zero attached hydrogens (tertiary/aromatic N) is 1. The summed E-state index contributed by atoms with van der Waals surface area (Å²) in [5, 5.41) is 6.54. The Morgan fingerprint density at radius 1 is 1.39 bits per heavy atom. The zero-order chi connectivity index (χ0) is 12.8. The van der Waals surface area contributed by atoms with Crippen molar-refractivity contribution in [3.05, 3.63) is 24.0 Å². The molecular formula is C13H20FN3O. The quantitative estimate of drug-likeness (QED) is 0.825. The predicted octanol–water partition coefficient (Wildman–Crippen LogP) is 1.15. The number of benzene rings is 1. The third-order valence-electron chi connectivity index (χ3n) is 3.11. The van der Waals surface area contributed by atoms with E-state index in [0.29, 0.717) is 11.4 Å². The predicted molar refractivity (Wildman–Crippen MR) is 70.8 cm³/mol. The first-order valence-corrected chi connectivity index (χ1v) is 6.30. The van der Waals surface area contributed by atoms with E-state index in [9.17, 15) is 4.39 Å². The molecule has 1 aromatic rings. The lowest BCUT2D eigenvalue weighted by Crippen LogP contribution is -2.45. The van der Waals surface area contributed by atoms with Gasteiger partial charge < -0.3 is 15.4 Å². The fourth-order valence-electron chi connectivity index (χ4n) is 2.10. The Morgan fingerprint density at radius 2 is 2.17 bits per heavy atom. The zero-order valence-corrected chi connectivity index (χ0v) is 10.7. The first-order chi connectivity index (χ1) is 8.79. The van der Waals surface area contributed by atoms with Crippen molar-refractivity contribution in [2.24, 2.45) is 0 Å². The molecule has 4 nitrogen and oxygen atoms in total. The summed E-state index contributed by atoms with van der Waals surface area (Å²) in [6.07, 6.45) is 0. The van der Waals surface area contributed by atoms with Crippen LogP contribution in [0.25, 0.3) is 0 Å². The van der Waals surface area contributed by atoms with Crippen LogP contribution in [0.1, 0.15) is 0 Å². The van der Waals surface area contributed by atoms with Crippen molar-refractivity contribution in [3.63, 3.8) is 0 Å². The van der Waals surface area contributed by atoms with Crippen LogP contribution < -0.4 is 15.4 Å². The van der Waals surface area contributed by atoms with Crippen molar-refractivity contribution >= 4 is 5.69 Å². The summed E-state index contributed by atoms with van der Waals surface area (Å²) in [5.41, 5.74) is 0.715. The van der Waals surface area contributed by atoms with Gasteiger partial charge in [0, 0.05) is 45.3 Å². The highest BCUT2D eigenvalue weighted by molar-refractivity contribution is 5.56. The molecule has 5 heteroatoms. The second kappa shape index (κ2) is 6.56. The molecule has 0 unspecified atom stereocenters. The summed E-state index contributed by atoms with van der Waals surface area (Å²) in [7, 11) is 1.59. The smallest absolute Gasteiger partial charge is 0.142 e. The molecule has 0 spiro atoms. The molecule has 0 saturated carbocycles. The van der Waals surface area contributed by atoms with Crippen LogP contribution in [-0.2, 0) is 0 Å². The van der Waals surface area contributed by atoms with E-state index in [4.69, 9.17) is 4.74 Å². The maximum Gasteiger partial charge on any atom is 0.142 e. The lowest BCUT2D eigenvalue weighted by atomic mass is 10.2. The van der Waals surface area contributed by atoms with Gasteiger partial charge in [-0.1, -0.05) is 0 Å². The van der Waals surface area contributed by atoms with Crippen molar-refractivity contribution in [1.82, 2.24) is 10.2 Å². The van der Waals surface area contributed by atoms with Gasteiger partial charge in [0.15, 0.2) is 0 Å². The number of halogens is 1. The standard InChI is InChI=1S/C13H20FN3O/c1-18-13-3-2-11(14)10-12(13)16-6-9-17-7-4-15-5-8-17/h2-3,10,15-16H,4-9H2,1H3. The van der Waals surface area contributed by atoms with Crippen molar-refractivity contribution in [2.75, 3.05) is 51.7 Å². The molecular weight excluding hydrogens is 233 g/mol. The number of anilines is 1. The van der Waals surface area contributed by atoms with Crippen molar-refractivity contribution in [1.29, 1.82) is 0 Å². The Bertz CT molecular complexity index is 380. The first-order valence-electron chi connectivity index (χ1n) is 6.30. The molecule has 100 valence electrons. The lowest BCUT2D eigenvalue weighted by molar-refractivity contribution is 0.249. The number of rotatable bonds is 5. The third-order valence-corrected chi connectivity index (χ3v) is 3.11. The van der Waals surface area contributed by atoms with Crippen LogP contribution in [0.15, 0.2) is 18.2 Å². The normalized spacial score (nSPS) is 16.6. The zero-order valence-electron chi connectivity index (χ0n) is 10.7. The minimum absolute atomic E-state index is 0.250. The van der Waals surface area contributed by atoms with E-state index >= 15 is 0 Å². The molecule has 0 atom stereocenters. The van der Waals surface area contributed by atoms with Gasteiger partial charge in [0.2, 0.25) is 0 Å². The molecule has 1 aliphatic heterocycles. The van der Waals surface area contributed by atoms with Crippen molar-refractivity contribution in [2.45, 2.75) is 0 Å². The molecule has 0 amide bonds. The highest BCUT2D eigenvalue weighted by atomic mass is 19.1. The fraction of sp³-hybridized carbons (Fsp3) is 0.538. The topological polar surface area (TPSA) is 36.5 Å².